The minimum Gasteiger partial charge on any atom is -0.469 e. The van der Waals surface area contributed by atoms with Crippen LogP contribution >= 0.6 is 12.6 Å². The number of ketones is 1. The molecule has 0 amide bonds. The fourth-order valence-corrected chi connectivity index (χ4v) is 2.52. The lowest BCUT2D eigenvalue weighted by Gasteiger charge is -2.27. The van der Waals surface area contributed by atoms with E-state index in [0.29, 0.717) is 6.42 Å². The van der Waals surface area contributed by atoms with E-state index < -0.39 is 10.7 Å². The Morgan fingerprint density at radius 1 is 1.33 bits per heavy atom. The molecule has 0 N–H and O–H groups in total. The fraction of sp³-hybridized carbons (Fsp3) is 0.529. The molecule has 0 aliphatic carbocycles. The number of thiol groups is 1. The van der Waals surface area contributed by atoms with Crippen LogP contribution in [0.4, 0.5) is 0 Å². The number of carbonyl (C=O) groups excluding carboxylic acids is 2. The average Bonchev–Trinajstić information content (AvgIpc) is 2.44. The number of aryl methyl sites for hydroxylation is 2. The molecular weight excluding hydrogens is 284 g/mol. The second-order valence-corrected chi connectivity index (χ2v) is 6.67. The van der Waals surface area contributed by atoms with Gasteiger partial charge in [0, 0.05) is 0 Å². The zero-order valence-corrected chi connectivity index (χ0v) is 14.3. The van der Waals surface area contributed by atoms with Gasteiger partial charge in [-0.2, -0.15) is 12.6 Å². The van der Waals surface area contributed by atoms with Crippen LogP contribution in [0, 0.1) is 13.8 Å². The van der Waals surface area contributed by atoms with Crippen molar-refractivity contribution in [2.45, 2.75) is 51.2 Å². The Labute approximate surface area is 132 Å². The summed E-state index contributed by atoms with van der Waals surface area (Å²) in [7, 11) is 1.34. The number of rotatable bonds is 6. The van der Waals surface area contributed by atoms with Crippen molar-refractivity contribution in [1.82, 2.24) is 0 Å². The summed E-state index contributed by atoms with van der Waals surface area (Å²) in [6.45, 7) is 7.68. The molecule has 0 aliphatic heterocycles. The summed E-state index contributed by atoms with van der Waals surface area (Å²) in [5.74, 6) is -0.931. The fourth-order valence-electron chi connectivity index (χ4n) is 2.36. The summed E-state index contributed by atoms with van der Waals surface area (Å²) >= 11 is 4.48. The molecule has 4 heteroatoms. The van der Waals surface area contributed by atoms with Crippen molar-refractivity contribution < 1.29 is 14.3 Å². The molecule has 0 saturated heterocycles. The Balaban J connectivity index is 3.25. The Kier molecular flexibility index (Phi) is 6.02. The molecule has 0 fully saturated rings. The number of hydrogen-bond acceptors (Lipinski definition) is 4. The Morgan fingerprint density at radius 2 is 1.95 bits per heavy atom. The number of esters is 1. The van der Waals surface area contributed by atoms with Gasteiger partial charge in [-0.3, -0.25) is 9.59 Å². The maximum Gasteiger partial charge on any atom is 0.306 e. The predicted molar refractivity (Wildman–Crippen MR) is 88.0 cm³/mol. The molecule has 1 aromatic carbocycles. The zero-order chi connectivity index (χ0) is 16.2. The number of hydrogen-bond donors (Lipinski definition) is 1. The first-order valence-corrected chi connectivity index (χ1v) is 7.58. The van der Waals surface area contributed by atoms with E-state index in [1.165, 1.54) is 7.11 Å². The molecule has 0 bridgehead atoms. The molecule has 116 valence electrons. The van der Waals surface area contributed by atoms with Gasteiger partial charge in [-0.25, -0.2) is 0 Å². The Morgan fingerprint density at radius 3 is 2.43 bits per heavy atom. The van der Waals surface area contributed by atoms with E-state index in [-0.39, 0.29) is 18.2 Å². The smallest absolute Gasteiger partial charge is 0.306 e. The van der Waals surface area contributed by atoms with Gasteiger partial charge in [0.25, 0.3) is 0 Å². The van der Waals surface area contributed by atoms with Gasteiger partial charge >= 0.3 is 5.97 Å². The summed E-state index contributed by atoms with van der Waals surface area (Å²) in [5.41, 5.74) is 3.02. The number of Topliss-reactive ketones (excluding diaryl/α,β-unsaturated/α-hetero) is 1. The monoisotopic (exact) mass is 308 g/mol. The van der Waals surface area contributed by atoms with Gasteiger partial charge in [0.05, 0.1) is 24.2 Å². The highest BCUT2D eigenvalue weighted by molar-refractivity contribution is 7.82. The lowest BCUT2D eigenvalue weighted by Crippen LogP contribution is -2.34. The van der Waals surface area contributed by atoms with Crippen LogP contribution in [0.5, 0.6) is 0 Å². The standard InChI is InChI=1S/C17H24O3S/c1-6-17(4,21)16(19)14(10-15(18)20-5)13-8-7-11(2)9-12(13)3/h7-9,14,21H,6,10H2,1-5H3. The molecule has 2 atom stereocenters. The molecule has 0 radical (unpaired) electrons. The maximum absolute atomic E-state index is 12.8. The quantitative estimate of drug-likeness (QED) is 0.645. The SMILES string of the molecule is CCC(C)(S)C(=O)C(CC(=O)OC)c1ccc(C)cc1C. The van der Waals surface area contributed by atoms with E-state index in [1.807, 2.05) is 39.0 Å². The zero-order valence-electron chi connectivity index (χ0n) is 13.4. The lowest BCUT2D eigenvalue weighted by molar-refractivity contribution is -0.142. The van der Waals surface area contributed by atoms with Crippen molar-refractivity contribution in [3.63, 3.8) is 0 Å². The van der Waals surface area contributed by atoms with E-state index in [0.717, 1.165) is 16.7 Å². The van der Waals surface area contributed by atoms with Gasteiger partial charge in [0.1, 0.15) is 0 Å². The van der Waals surface area contributed by atoms with Gasteiger partial charge in [-0.15, -0.1) is 0 Å². The highest BCUT2D eigenvalue weighted by Crippen LogP contribution is 2.33. The van der Waals surface area contributed by atoms with Crippen molar-refractivity contribution in [3.05, 3.63) is 34.9 Å². The van der Waals surface area contributed by atoms with E-state index in [9.17, 15) is 9.59 Å². The summed E-state index contributed by atoms with van der Waals surface area (Å²) in [4.78, 5) is 24.5. The molecule has 0 heterocycles. The van der Waals surface area contributed by atoms with Gasteiger partial charge in [0.2, 0.25) is 0 Å². The molecule has 0 aromatic heterocycles. The van der Waals surface area contributed by atoms with E-state index in [1.54, 1.807) is 6.92 Å². The topological polar surface area (TPSA) is 43.4 Å². The highest BCUT2D eigenvalue weighted by Gasteiger charge is 2.36. The summed E-state index contributed by atoms with van der Waals surface area (Å²) in [5, 5.41) is 0. The van der Waals surface area contributed by atoms with Crippen molar-refractivity contribution in [3.8, 4) is 0 Å². The Hall–Kier alpha value is -1.29. The highest BCUT2D eigenvalue weighted by atomic mass is 32.1. The minimum absolute atomic E-state index is 0.0364. The summed E-state index contributed by atoms with van der Waals surface area (Å²) < 4.78 is 3.99. The molecule has 0 saturated carbocycles. The van der Waals surface area contributed by atoms with Crippen LogP contribution < -0.4 is 0 Å². The lowest BCUT2D eigenvalue weighted by atomic mass is 9.82. The third-order valence-corrected chi connectivity index (χ3v) is 4.47. The molecular formula is C17H24O3S. The first-order chi connectivity index (χ1) is 9.72. The van der Waals surface area contributed by atoms with Gasteiger partial charge < -0.3 is 4.74 Å². The van der Waals surface area contributed by atoms with Crippen molar-refractivity contribution in [2.75, 3.05) is 7.11 Å². The largest absolute Gasteiger partial charge is 0.469 e. The second-order valence-electron chi connectivity index (χ2n) is 5.68. The van der Waals surface area contributed by atoms with Crippen molar-refractivity contribution in [2.24, 2.45) is 0 Å². The number of ether oxygens (including phenoxy) is 1. The molecule has 0 spiro atoms. The van der Waals surface area contributed by atoms with Gasteiger partial charge in [-0.05, 0) is 38.3 Å². The van der Waals surface area contributed by atoms with Gasteiger partial charge in [-0.1, -0.05) is 30.7 Å². The number of carbonyl (C=O) groups is 2. The first kappa shape index (κ1) is 17.8. The minimum atomic E-state index is -0.754. The second kappa shape index (κ2) is 7.12. The molecule has 1 rings (SSSR count). The average molecular weight is 308 g/mol. The third-order valence-electron chi connectivity index (χ3n) is 3.93. The maximum atomic E-state index is 12.8. The predicted octanol–water partition coefficient (Wildman–Crippen LogP) is 3.62. The first-order valence-electron chi connectivity index (χ1n) is 7.13. The number of benzene rings is 1. The Bertz CT molecular complexity index is 535. The van der Waals surface area contributed by atoms with E-state index in [2.05, 4.69) is 12.6 Å². The van der Waals surface area contributed by atoms with Crippen molar-refractivity contribution in [1.29, 1.82) is 0 Å². The molecule has 21 heavy (non-hydrogen) atoms. The van der Waals surface area contributed by atoms with Gasteiger partial charge in [0.15, 0.2) is 5.78 Å². The van der Waals surface area contributed by atoms with Crippen LogP contribution in [0.15, 0.2) is 18.2 Å². The molecule has 3 nitrogen and oxygen atoms in total. The normalized spacial score (nSPS) is 15.1. The molecule has 0 aliphatic rings. The van der Waals surface area contributed by atoms with Crippen LogP contribution in [0.1, 0.15) is 49.3 Å². The summed E-state index contributed by atoms with van der Waals surface area (Å²) in [6, 6.07) is 5.91. The number of methoxy groups -OCH3 is 1. The van der Waals surface area contributed by atoms with Crippen LogP contribution in [-0.2, 0) is 14.3 Å². The van der Waals surface area contributed by atoms with E-state index >= 15 is 0 Å². The summed E-state index contributed by atoms with van der Waals surface area (Å²) in [6.07, 6.45) is 0.660. The van der Waals surface area contributed by atoms with Crippen LogP contribution in [0.3, 0.4) is 0 Å². The van der Waals surface area contributed by atoms with Crippen LogP contribution in [0.25, 0.3) is 0 Å². The van der Waals surface area contributed by atoms with Crippen molar-refractivity contribution >= 4 is 24.4 Å². The third kappa shape index (κ3) is 4.34. The molecule has 2 unspecified atom stereocenters. The van der Waals surface area contributed by atoms with Crippen LogP contribution in [-0.4, -0.2) is 23.6 Å². The van der Waals surface area contributed by atoms with E-state index in [4.69, 9.17) is 4.74 Å². The molecule has 1 aromatic rings. The van der Waals surface area contributed by atoms with Crippen LogP contribution in [0.2, 0.25) is 0 Å².